The molecule has 0 aliphatic heterocycles. The maximum Gasteiger partial charge on any atom is 0.243 e. The van der Waals surface area contributed by atoms with Crippen LogP contribution in [0.15, 0.2) is 91.0 Å². The molecule has 0 heterocycles. The van der Waals surface area contributed by atoms with Crippen LogP contribution in [-0.2, 0) is 29.0 Å². The van der Waals surface area contributed by atoms with Gasteiger partial charge in [-0.25, -0.2) is 0 Å². The van der Waals surface area contributed by atoms with E-state index in [2.05, 4.69) is 29.6 Å². The number of nitrogens with one attached hydrogen (secondary N) is 1. The molecule has 1 N–H and O–H groups in total. The Hall–Kier alpha value is -3.34. The van der Waals surface area contributed by atoms with Crippen LogP contribution in [0.25, 0.3) is 10.8 Å². The highest BCUT2D eigenvalue weighted by atomic mass is 35.5. The highest BCUT2D eigenvalue weighted by Gasteiger charge is 2.32. The zero-order chi connectivity index (χ0) is 28.0. The molecule has 0 fully saturated rings. The van der Waals surface area contributed by atoms with Crippen LogP contribution in [0.3, 0.4) is 0 Å². The van der Waals surface area contributed by atoms with Crippen LogP contribution in [0.2, 0.25) is 10.0 Å². The van der Waals surface area contributed by atoms with Crippen molar-refractivity contribution in [2.75, 3.05) is 0 Å². The fourth-order valence-electron chi connectivity index (χ4n) is 4.76. The SMILES string of the molecule is CC(C)(C)NC(=O)[C@H](Cc1ccccc1)N(Cc1c(Cl)cccc1Cl)C(=O)CCc1cccc2ccccc12. The minimum atomic E-state index is -0.751. The summed E-state index contributed by atoms with van der Waals surface area (Å²) in [5.74, 6) is -0.350. The lowest BCUT2D eigenvalue weighted by atomic mass is 9.98. The lowest BCUT2D eigenvalue weighted by Gasteiger charge is -2.34. The van der Waals surface area contributed by atoms with Gasteiger partial charge in [0.15, 0.2) is 0 Å². The number of halogens is 2. The molecule has 4 rings (SSSR count). The Bertz CT molecular complexity index is 1420. The van der Waals surface area contributed by atoms with Gasteiger partial charge in [-0.15, -0.1) is 0 Å². The molecule has 0 radical (unpaired) electrons. The zero-order valence-corrected chi connectivity index (χ0v) is 24.1. The number of aryl methyl sites for hydroxylation is 1. The van der Waals surface area contributed by atoms with Gasteiger partial charge in [-0.05, 0) is 61.2 Å². The summed E-state index contributed by atoms with van der Waals surface area (Å²) in [4.78, 5) is 29.4. The highest BCUT2D eigenvalue weighted by Crippen LogP contribution is 2.28. The summed E-state index contributed by atoms with van der Waals surface area (Å²) < 4.78 is 0. The number of carbonyl (C=O) groups is 2. The van der Waals surface area contributed by atoms with Crippen molar-refractivity contribution < 1.29 is 9.59 Å². The molecular weight excluding hydrogens is 527 g/mol. The van der Waals surface area contributed by atoms with Gasteiger partial charge in [-0.1, -0.05) is 102 Å². The molecule has 4 aromatic carbocycles. The number of hydrogen-bond acceptors (Lipinski definition) is 2. The van der Waals surface area contributed by atoms with Gasteiger partial charge in [0.2, 0.25) is 11.8 Å². The van der Waals surface area contributed by atoms with E-state index in [9.17, 15) is 9.59 Å². The summed E-state index contributed by atoms with van der Waals surface area (Å²) in [6, 6.07) is 28.6. The first-order valence-corrected chi connectivity index (χ1v) is 13.9. The molecule has 0 aromatic heterocycles. The van der Waals surface area contributed by atoms with Crippen molar-refractivity contribution in [1.29, 1.82) is 0 Å². The summed E-state index contributed by atoms with van der Waals surface area (Å²) in [7, 11) is 0. The minimum Gasteiger partial charge on any atom is -0.350 e. The second-order valence-electron chi connectivity index (χ2n) is 10.8. The van der Waals surface area contributed by atoms with Gasteiger partial charge in [-0.3, -0.25) is 9.59 Å². The second-order valence-corrected chi connectivity index (χ2v) is 11.6. The van der Waals surface area contributed by atoms with Gasteiger partial charge in [0.05, 0.1) is 0 Å². The first kappa shape index (κ1) is 28.7. The van der Waals surface area contributed by atoms with Crippen LogP contribution in [0.1, 0.15) is 43.9 Å². The molecular formula is C33H34Cl2N2O2. The first-order valence-electron chi connectivity index (χ1n) is 13.2. The third-order valence-electron chi connectivity index (χ3n) is 6.65. The Morgan fingerprint density at radius 1 is 0.821 bits per heavy atom. The van der Waals surface area contributed by atoms with E-state index < -0.39 is 11.6 Å². The molecule has 0 aliphatic carbocycles. The molecule has 0 aliphatic rings. The third kappa shape index (κ3) is 7.62. The van der Waals surface area contributed by atoms with Gasteiger partial charge in [0.1, 0.15) is 6.04 Å². The Kier molecular flexibility index (Phi) is 9.32. The van der Waals surface area contributed by atoms with E-state index in [0.717, 1.165) is 21.9 Å². The molecule has 6 heteroatoms. The normalized spacial score (nSPS) is 12.2. The molecule has 39 heavy (non-hydrogen) atoms. The Labute approximate surface area is 240 Å². The van der Waals surface area contributed by atoms with Gasteiger partial charge in [0, 0.05) is 40.5 Å². The number of carbonyl (C=O) groups excluding carboxylic acids is 2. The van der Waals surface area contributed by atoms with Gasteiger partial charge in [-0.2, -0.15) is 0 Å². The first-order chi connectivity index (χ1) is 18.6. The predicted octanol–water partition coefficient (Wildman–Crippen LogP) is 7.63. The van der Waals surface area contributed by atoms with Gasteiger partial charge >= 0.3 is 0 Å². The largest absolute Gasteiger partial charge is 0.350 e. The average molecular weight is 562 g/mol. The second kappa shape index (κ2) is 12.7. The van der Waals surface area contributed by atoms with Crippen LogP contribution < -0.4 is 5.32 Å². The number of nitrogens with zero attached hydrogens (tertiary/aromatic N) is 1. The number of rotatable bonds is 9. The summed E-state index contributed by atoms with van der Waals surface area (Å²) in [5, 5.41) is 6.27. The molecule has 0 saturated heterocycles. The summed E-state index contributed by atoms with van der Waals surface area (Å²) in [6.45, 7) is 5.92. The number of amides is 2. The fraction of sp³-hybridized carbons (Fsp3) is 0.273. The molecule has 2 amide bonds. The summed E-state index contributed by atoms with van der Waals surface area (Å²) >= 11 is 13.1. The Balaban J connectivity index is 1.70. The van der Waals surface area contributed by atoms with Crippen molar-refractivity contribution in [3.63, 3.8) is 0 Å². The van der Waals surface area contributed by atoms with Gasteiger partial charge in [0.25, 0.3) is 0 Å². The van der Waals surface area contributed by atoms with Crippen molar-refractivity contribution in [3.05, 3.63) is 118 Å². The van der Waals surface area contributed by atoms with E-state index in [1.165, 1.54) is 0 Å². The fourth-order valence-corrected chi connectivity index (χ4v) is 5.27. The minimum absolute atomic E-state index is 0.127. The van der Waals surface area contributed by atoms with Crippen molar-refractivity contribution in [3.8, 4) is 0 Å². The zero-order valence-electron chi connectivity index (χ0n) is 22.6. The Morgan fingerprint density at radius 3 is 2.13 bits per heavy atom. The Morgan fingerprint density at radius 2 is 1.44 bits per heavy atom. The maximum atomic E-state index is 14.0. The molecule has 4 nitrogen and oxygen atoms in total. The molecule has 0 saturated carbocycles. The highest BCUT2D eigenvalue weighted by molar-refractivity contribution is 6.36. The summed E-state index contributed by atoms with van der Waals surface area (Å²) in [6.07, 6.45) is 1.15. The van der Waals surface area contributed by atoms with Crippen molar-refractivity contribution in [1.82, 2.24) is 10.2 Å². The standard InChI is InChI=1S/C33H34Cl2N2O2/c1-33(2,3)36-32(39)30(21-23-11-5-4-6-12-23)37(22-27-28(34)17-10-18-29(27)35)31(38)20-19-25-15-9-14-24-13-7-8-16-26(24)25/h4-18,30H,19-22H2,1-3H3,(H,36,39)/t30-/m0/s1. The van der Waals surface area contributed by atoms with Crippen molar-refractivity contribution in [2.24, 2.45) is 0 Å². The van der Waals surface area contributed by atoms with Crippen LogP contribution >= 0.6 is 23.2 Å². The van der Waals surface area contributed by atoms with E-state index in [0.29, 0.717) is 28.5 Å². The quantitative estimate of drug-likeness (QED) is 0.228. The molecule has 1 atom stereocenters. The lowest BCUT2D eigenvalue weighted by Crippen LogP contribution is -2.54. The molecule has 0 spiro atoms. The van der Waals surface area contributed by atoms with Crippen molar-refractivity contribution in [2.45, 2.75) is 58.2 Å². The van der Waals surface area contributed by atoms with E-state index in [4.69, 9.17) is 23.2 Å². The predicted molar refractivity (Wildman–Crippen MR) is 161 cm³/mol. The van der Waals surface area contributed by atoms with E-state index >= 15 is 0 Å². The van der Waals surface area contributed by atoms with Crippen molar-refractivity contribution >= 4 is 45.8 Å². The number of benzene rings is 4. The smallest absolute Gasteiger partial charge is 0.243 e. The molecule has 0 unspecified atom stereocenters. The van der Waals surface area contributed by atoms with Crippen LogP contribution in [0.4, 0.5) is 0 Å². The molecule has 0 bridgehead atoms. The summed E-state index contributed by atoms with van der Waals surface area (Å²) in [5.41, 5.74) is 2.21. The monoisotopic (exact) mass is 560 g/mol. The topological polar surface area (TPSA) is 49.4 Å². The average Bonchev–Trinajstić information content (AvgIpc) is 2.90. The number of fused-ring (bicyclic) bond motifs is 1. The van der Waals surface area contributed by atoms with Crippen LogP contribution in [0.5, 0.6) is 0 Å². The maximum absolute atomic E-state index is 14.0. The molecule has 4 aromatic rings. The van der Waals surface area contributed by atoms with E-state index in [1.807, 2.05) is 69.3 Å². The third-order valence-corrected chi connectivity index (χ3v) is 7.36. The van der Waals surface area contributed by atoms with E-state index in [-0.39, 0.29) is 24.8 Å². The molecule has 202 valence electrons. The lowest BCUT2D eigenvalue weighted by molar-refractivity contribution is -0.141. The van der Waals surface area contributed by atoms with Gasteiger partial charge < -0.3 is 10.2 Å². The van der Waals surface area contributed by atoms with E-state index in [1.54, 1.807) is 23.1 Å². The van der Waals surface area contributed by atoms with Crippen LogP contribution in [-0.4, -0.2) is 28.3 Å². The number of hydrogen-bond donors (Lipinski definition) is 1. The van der Waals surface area contributed by atoms with Crippen LogP contribution in [0, 0.1) is 0 Å².